The standard InChI is InChI=1S/C14H13ClN4O2/c15-10-1-2-12-11(6-10)17-14(21-12)18-13(20)5-9-3-4-19(7-9)8-16/h1-2,6,9H,3-5,7H2,(H,17,18,20). The third-order valence-electron chi connectivity index (χ3n) is 3.50. The Morgan fingerprint density at radius 2 is 2.48 bits per heavy atom. The predicted molar refractivity (Wildman–Crippen MR) is 77.6 cm³/mol. The number of likely N-dealkylation sites (tertiary alicyclic amines) is 1. The van der Waals surface area contributed by atoms with E-state index in [1.165, 1.54) is 0 Å². The highest BCUT2D eigenvalue weighted by Crippen LogP contribution is 2.23. The molecule has 0 bridgehead atoms. The Labute approximate surface area is 126 Å². The zero-order valence-electron chi connectivity index (χ0n) is 11.2. The van der Waals surface area contributed by atoms with Crippen LogP contribution in [0.2, 0.25) is 5.02 Å². The van der Waals surface area contributed by atoms with Crippen LogP contribution in [0.3, 0.4) is 0 Å². The topological polar surface area (TPSA) is 82.2 Å². The summed E-state index contributed by atoms with van der Waals surface area (Å²) >= 11 is 5.87. The van der Waals surface area contributed by atoms with Crippen LogP contribution in [-0.2, 0) is 4.79 Å². The third-order valence-corrected chi connectivity index (χ3v) is 3.73. The summed E-state index contributed by atoms with van der Waals surface area (Å²) in [6.45, 7) is 1.35. The number of oxazole rings is 1. The first-order valence-electron chi connectivity index (χ1n) is 6.64. The lowest BCUT2D eigenvalue weighted by molar-refractivity contribution is -0.117. The second kappa shape index (κ2) is 5.62. The number of fused-ring (bicyclic) bond motifs is 1. The number of hydrogen-bond donors (Lipinski definition) is 1. The number of hydrogen-bond acceptors (Lipinski definition) is 5. The van der Waals surface area contributed by atoms with Crippen LogP contribution in [-0.4, -0.2) is 28.9 Å². The van der Waals surface area contributed by atoms with Crippen LogP contribution in [0.4, 0.5) is 6.01 Å². The fourth-order valence-electron chi connectivity index (χ4n) is 2.48. The van der Waals surface area contributed by atoms with Crippen LogP contribution in [0.1, 0.15) is 12.8 Å². The number of benzene rings is 1. The van der Waals surface area contributed by atoms with E-state index in [-0.39, 0.29) is 17.8 Å². The average molecular weight is 305 g/mol. The number of nitriles is 1. The molecule has 7 heteroatoms. The van der Waals surface area contributed by atoms with Crippen molar-refractivity contribution in [1.82, 2.24) is 9.88 Å². The SMILES string of the molecule is N#CN1CCC(CC(=O)Nc2nc3cc(Cl)ccc3o2)C1. The summed E-state index contributed by atoms with van der Waals surface area (Å²) in [6, 6.07) is 5.27. The third kappa shape index (κ3) is 3.09. The molecule has 108 valence electrons. The van der Waals surface area contributed by atoms with Gasteiger partial charge in [-0.25, -0.2) is 0 Å². The van der Waals surface area contributed by atoms with Crippen LogP contribution in [0.25, 0.3) is 11.1 Å². The molecule has 1 fully saturated rings. The second-order valence-corrected chi connectivity index (χ2v) is 5.52. The monoisotopic (exact) mass is 304 g/mol. The molecule has 0 radical (unpaired) electrons. The molecule has 1 amide bonds. The van der Waals surface area contributed by atoms with E-state index >= 15 is 0 Å². The lowest BCUT2D eigenvalue weighted by Gasteiger charge is -2.08. The Bertz CT molecular complexity index is 721. The Balaban J connectivity index is 1.62. The predicted octanol–water partition coefficient (Wildman–Crippen LogP) is 2.61. The molecule has 1 unspecified atom stereocenters. The molecule has 2 aromatic rings. The molecule has 1 N–H and O–H groups in total. The Kier molecular flexibility index (Phi) is 3.67. The fourth-order valence-corrected chi connectivity index (χ4v) is 2.64. The van der Waals surface area contributed by atoms with Crippen LogP contribution in [0.15, 0.2) is 22.6 Å². The quantitative estimate of drug-likeness (QED) is 0.881. The normalized spacial score (nSPS) is 17.9. The summed E-state index contributed by atoms with van der Waals surface area (Å²) in [5.74, 6) is 0.0425. The summed E-state index contributed by atoms with van der Waals surface area (Å²) in [6.07, 6.45) is 3.31. The van der Waals surface area contributed by atoms with Crippen LogP contribution in [0, 0.1) is 17.4 Å². The number of amides is 1. The maximum Gasteiger partial charge on any atom is 0.302 e. The van der Waals surface area contributed by atoms with Gasteiger partial charge in [-0.2, -0.15) is 10.2 Å². The molecule has 1 aromatic heterocycles. The summed E-state index contributed by atoms with van der Waals surface area (Å²) in [5.41, 5.74) is 1.18. The maximum absolute atomic E-state index is 12.0. The van der Waals surface area contributed by atoms with Crippen molar-refractivity contribution >= 4 is 34.6 Å². The lowest BCUT2D eigenvalue weighted by atomic mass is 10.1. The van der Waals surface area contributed by atoms with E-state index in [0.29, 0.717) is 29.1 Å². The minimum atomic E-state index is -0.155. The molecule has 0 saturated carbocycles. The number of carbonyl (C=O) groups is 1. The van der Waals surface area contributed by atoms with Crippen molar-refractivity contribution in [2.45, 2.75) is 12.8 Å². The smallest absolute Gasteiger partial charge is 0.302 e. The van der Waals surface area contributed by atoms with Gasteiger partial charge in [-0.05, 0) is 30.5 Å². The highest BCUT2D eigenvalue weighted by molar-refractivity contribution is 6.31. The molecule has 1 atom stereocenters. The number of rotatable bonds is 3. The lowest BCUT2D eigenvalue weighted by Crippen LogP contribution is -2.19. The minimum absolute atomic E-state index is 0.155. The van der Waals surface area contributed by atoms with E-state index in [9.17, 15) is 4.79 Å². The molecular formula is C14H13ClN4O2. The average Bonchev–Trinajstić information content (AvgIpc) is 3.04. The van der Waals surface area contributed by atoms with Crippen molar-refractivity contribution in [2.75, 3.05) is 18.4 Å². The summed E-state index contributed by atoms with van der Waals surface area (Å²) < 4.78 is 5.44. The molecule has 1 aliphatic heterocycles. The first-order valence-corrected chi connectivity index (χ1v) is 7.02. The van der Waals surface area contributed by atoms with Crippen LogP contribution >= 0.6 is 11.6 Å². The Hall–Kier alpha value is -2.26. The molecule has 0 aliphatic carbocycles. The molecular weight excluding hydrogens is 292 g/mol. The van der Waals surface area contributed by atoms with Gasteiger partial charge in [-0.3, -0.25) is 10.1 Å². The van der Waals surface area contributed by atoms with E-state index < -0.39 is 0 Å². The van der Waals surface area contributed by atoms with Gasteiger partial charge in [0.15, 0.2) is 11.8 Å². The molecule has 6 nitrogen and oxygen atoms in total. The molecule has 2 heterocycles. The minimum Gasteiger partial charge on any atom is -0.423 e. The summed E-state index contributed by atoms with van der Waals surface area (Å²) in [7, 11) is 0. The highest BCUT2D eigenvalue weighted by Gasteiger charge is 2.24. The van der Waals surface area contributed by atoms with Crippen molar-refractivity contribution in [1.29, 1.82) is 5.26 Å². The summed E-state index contributed by atoms with van der Waals surface area (Å²) in [4.78, 5) is 17.8. The van der Waals surface area contributed by atoms with E-state index in [0.717, 1.165) is 13.0 Å². The zero-order chi connectivity index (χ0) is 14.8. The number of carbonyl (C=O) groups excluding carboxylic acids is 1. The number of nitrogens with zero attached hydrogens (tertiary/aromatic N) is 3. The van der Waals surface area contributed by atoms with Gasteiger partial charge in [0.1, 0.15) is 5.52 Å². The van der Waals surface area contributed by atoms with Gasteiger partial charge in [0.25, 0.3) is 0 Å². The fraction of sp³-hybridized carbons (Fsp3) is 0.357. The van der Waals surface area contributed by atoms with Crippen molar-refractivity contribution in [2.24, 2.45) is 5.92 Å². The van der Waals surface area contributed by atoms with Crippen molar-refractivity contribution in [3.8, 4) is 6.19 Å². The van der Waals surface area contributed by atoms with E-state index in [2.05, 4.69) is 16.5 Å². The van der Waals surface area contributed by atoms with Crippen molar-refractivity contribution in [3.05, 3.63) is 23.2 Å². The maximum atomic E-state index is 12.0. The molecule has 1 saturated heterocycles. The molecule has 21 heavy (non-hydrogen) atoms. The highest BCUT2D eigenvalue weighted by atomic mass is 35.5. The Morgan fingerprint density at radius 1 is 1.62 bits per heavy atom. The van der Waals surface area contributed by atoms with E-state index in [4.69, 9.17) is 21.3 Å². The summed E-state index contributed by atoms with van der Waals surface area (Å²) in [5, 5.41) is 12.0. The number of aromatic nitrogens is 1. The second-order valence-electron chi connectivity index (χ2n) is 5.08. The molecule has 1 aliphatic rings. The van der Waals surface area contributed by atoms with Gasteiger partial charge in [-0.15, -0.1) is 0 Å². The van der Waals surface area contributed by atoms with E-state index in [1.54, 1.807) is 23.1 Å². The molecule has 3 rings (SSSR count). The first kappa shape index (κ1) is 13.7. The Morgan fingerprint density at radius 3 is 3.24 bits per heavy atom. The zero-order valence-corrected chi connectivity index (χ0v) is 11.9. The van der Waals surface area contributed by atoms with Crippen molar-refractivity contribution in [3.63, 3.8) is 0 Å². The van der Waals surface area contributed by atoms with Crippen LogP contribution < -0.4 is 5.32 Å². The number of halogens is 1. The molecule has 1 aromatic carbocycles. The largest absolute Gasteiger partial charge is 0.423 e. The number of anilines is 1. The van der Waals surface area contributed by atoms with E-state index in [1.807, 2.05) is 0 Å². The first-order chi connectivity index (χ1) is 10.1. The van der Waals surface area contributed by atoms with Gasteiger partial charge in [0, 0.05) is 24.5 Å². The molecule has 0 spiro atoms. The van der Waals surface area contributed by atoms with Gasteiger partial charge >= 0.3 is 6.01 Å². The van der Waals surface area contributed by atoms with Gasteiger partial charge < -0.3 is 9.32 Å². The van der Waals surface area contributed by atoms with Crippen molar-refractivity contribution < 1.29 is 9.21 Å². The van der Waals surface area contributed by atoms with Gasteiger partial charge in [0.05, 0.1) is 0 Å². The number of nitrogens with one attached hydrogen (secondary N) is 1. The van der Waals surface area contributed by atoms with Crippen LogP contribution in [0.5, 0.6) is 0 Å². The van der Waals surface area contributed by atoms with Gasteiger partial charge in [0.2, 0.25) is 5.91 Å². The van der Waals surface area contributed by atoms with Gasteiger partial charge in [-0.1, -0.05) is 11.6 Å².